The van der Waals surface area contributed by atoms with Crippen LogP contribution in [0.15, 0.2) is 48.7 Å². The van der Waals surface area contributed by atoms with Gasteiger partial charge in [0.1, 0.15) is 0 Å². The van der Waals surface area contributed by atoms with Crippen molar-refractivity contribution in [2.24, 2.45) is 0 Å². The van der Waals surface area contributed by atoms with Crippen molar-refractivity contribution in [3.8, 4) is 17.0 Å². The van der Waals surface area contributed by atoms with E-state index in [9.17, 15) is 4.79 Å². The molecule has 0 aliphatic carbocycles. The van der Waals surface area contributed by atoms with Crippen molar-refractivity contribution in [3.63, 3.8) is 0 Å². The molecule has 0 spiro atoms. The third-order valence-corrected chi connectivity index (χ3v) is 3.71. The summed E-state index contributed by atoms with van der Waals surface area (Å²) in [4.78, 5) is 15.3. The molecule has 0 amide bonds. The smallest absolute Gasteiger partial charge is 0.449 e. The lowest BCUT2D eigenvalue weighted by atomic mass is 9.98. The number of aryl methyl sites for hydroxylation is 2. The van der Waals surface area contributed by atoms with E-state index in [-0.39, 0.29) is 5.75 Å². The van der Waals surface area contributed by atoms with Crippen molar-refractivity contribution in [1.82, 2.24) is 4.98 Å². The van der Waals surface area contributed by atoms with E-state index in [0.29, 0.717) is 0 Å². The second-order valence-corrected chi connectivity index (χ2v) is 5.19. The lowest BCUT2D eigenvalue weighted by Gasteiger charge is -2.12. The van der Waals surface area contributed by atoms with Gasteiger partial charge in [-0.25, -0.2) is 4.79 Å². The van der Waals surface area contributed by atoms with Crippen LogP contribution >= 0.6 is 0 Å². The maximum atomic E-state index is 10.9. The zero-order valence-corrected chi connectivity index (χ0v) is 12.3. The van der Waals surface area contributed by atoms with Crippen molar-refractivity contribution in [1.29, 1.82) is 0 Å². The van der Waals surface area contributed by atoms with Crippen molar-refractivity contribution in [2.45, 2.75) is 13.8 Å². The number of ether oxygens (including phenoxy) is 1. The molecule has 0 atom stereocenters. The molecule has 0 aliphatic heterocycles. The second-order valence-electron chi connectivity index (χ2n) is 5.19. The molecule has 3 aromatic rings. The minimum absolute atomic E-state index is 0.255. The molecular formula is C18H15NO3. The molecule has 0 saturated heterocycles. The van der Waals surface area contributed by atoms with E-state index in [0.717, 1.165) is 33.2 Å². The highest BCUT2D eigenvalue weighted by Crippen LogP contribution is 2.34. The summed E-state index contributed by atoms with van der Waals surface area (Å²) in [6, 6.07) is 13.8. The molecule has 4 nitrogen and oxygen atoms in total. The number of aromatic nitrogens is 1. The molecule has 1 aromatic heterocycles. The molecular weight excluding hydrogens is 278 g/mol. The molecule has 0 radical (unpaired) electrons. The Morgan fingerprint density at radius 1 is 1.05 bits per heavy atom. The minimum atomic E-state index is -1.34. The van der Waals surface area contributed by atoms with Crippen LogP contribution in [0.4, 0.5) is 4.79 Å². The first-order valence-corrected chi connectivity index (χ1v) is 6.92. The molecule has 0 bridgehead atoms. The van der Waals surface area contributed by atoms with Crippen molar-refractivity contribution >= 4 is 16.9 Å². The van der Waals surface area contributed by atoms with Crippen molar-refractivity contribution in [3.05, 3.63) is 59.8 Å². The Morgan fingerprint density at radius 2 is 1.68 bits per heavy atom. The SMILES string of the molecule is Cc1cc2c(OC(=O)O)cnc(-c3ccccc3)c2cc1C. The van der Waals surface area contributed by atoms with Gasteiger partial charge in [0, 0.05) is 16.3 Å². The predicted molar refractivity (Wildman–Crippen MR) is 85.3 cm³/mol. The lowest BCUT2D eigenvalue weighted by molar-refractivity contribution is 0.145. The average molecular weight is 293 g/mol. The van der Waals surface area contributed by atoms with E-state index in [2.05, 4.69) is 4.98 Å². The third kappa shape index (κ3) is 2.51. The van der Waals surface area contributed by atoms with E-state index in [4.69, 9.17) is 9.84 Å². The van der Waals surface area contributed by atoms with Gasteiger partial charge in [-0.3, -0.25) is 4.98 Å². The van der Waals surface area contributed by atoms with Crippen molar-refractivity contribution in [2.75, 3.05) is 0 Å². The first-order chi connectivity index (χ1) is 10.6. The molecule has 1 N–H and O–H groups in total. The number of carboxylic acid groups (broad SMARTS) is 1. The molecule has 0 saturated carbocycles. The Labute approximate surface area is 128 Å². The number of hydrogen-bond acceptors (Lipinski definition) is 3. The summed E-state index contributed by atoms with van der Waals surface area (Å²) in [7, 11) is 0. The molecule has 0 fully saturated rings. The van der Waals surface area contributed by atoms with E-state index in [1.165, 1.54) is 6.20 Å². The lowest BCUT2D eigenvalue weighted by Crippen LogP contribution is -2.04. The second kappa shape index (κ2) is 5.48. The fourth-order valence-electron chi connectivity index (χ4n) is 2.48. The highest BCUT2D eigenvalue weighted by Gasteiger charge is 2.13. The van der Waals surface area contributed by atoms with E-state index >= 15 is 0 Å². The normalized spacial score (nSPS) is 10.6. The maximum absolute atomic E-state index is 10.9. The van der Waals surface area contributed by atoms with Gasteiger partial charge in [0.05, 0.1) is 11.9 Å². The van der Waals surface area contributed by atoms with Crippen molar-refractivity contribution < 1.29 is 14.6 Å². The van der Waals surface area contributed by atoms with Crippen LogP contribution in [0.3, 0.4) is 0 Å². The third-order valence-electron chi connectivity index (χ3n) is 3.71. The van der Waals surface area contributed by atoms with Crippen LogP contribution in [-0.4, -0.2) is 16.2 Å². The summed E-state index contributed by atoms with van der Waals surface area (Å²) in [6.07, 6.45) is 0.127. The minimum Gasteiger partial charge on any atom is -0.449 e. The highest BCUT2D eigenvalue weighted by molar-refractivity contribution is 5.99. The summed E-state index contributed by atoms with van der Waals surface area (Å²) >= 11 is 0. The topological polar surface area (TPSA) is 59.4 Å². The molecule has 110 valence electrons. The molecule has 4 heteroatoms. The summed E-state index contributed by atoms with van der Waals surface area (Å²) in [5.74, 6) is 0.255. The number of fused-ring (bicyclic) bond motifs is 1. The maximum Gasteiger partial charge on any atom is 0.511 e. The first kappa shape index (κ1) is 14.1. The van der Waals surface area contributed by atoms with Gasteiger partial charge in [-0.15, -0.1) is 0 Å². The van der Waals surface area contributed by atoms with Gasteiger partial charge < -0.3 is 9.84 Å². The van der Waals surface area contributed by atoms with Crippen LogP contribution < -0.4 is 4.74 Å². The summed E-state index contributed by atoms with van der Waals surface area (Å²) < 4.78 is 4.87. The van der Waals surface area contributed by atoms with E-state index < -0.39 is 6.16 Å². The fraction of sp³-hybridized carbons (Fsp3) is 0.111. The Kier molecular flexibility index (Phi) is 3.51. The zero-order valence-electron chi connectivity index (χ0n) is 12.3. The standard InChI is InChI=1S/C18H15NO3/c1-11-8-14-15(9-12(11)2)17(13-6-4-3-5-7-13)19-10-16(14)22-18(20)21/h3-10H,1-2H3,(H,20,21). The highest BCUT2D eigenvalue weighted by atomic mass is 16.7. The van der Waals surface area contributed by atoms with E-state index in [1.54, 1.807) is 0 Å². The Morgan fingerprint density at radius 3 is 2.32 bits per heavy atom. The molecule has 1 heterocycles. The molecule has 0 aliphatic rings. The van der Waals surface area contributed by atoms with Crippen LogP contribution in [0.2, 0.25) is 0 Å². The van der Waals surface area contributed by atoms with Crippen LogP contribution in [0.5, 0.6) is 5.75 Å². The summed E-state index contributed by atoms with van der Waals surface area (Å²) in [6.45, 7) is 4.01. The van der Waals surface area contributed by atoms with Gasteiger partial charge in [-0.2, -0.15) is 0 Å². The number of pyridine rings is 1. The van der Waals surface area contributed by atoms with E-state index in [1.807, 2.05) is 56.3 Å². The van der Waals surface area contributed by atoms with Crippen LogP contribution in [0.25, 0.3) is 22.0 Å². The van der Waals surface area contributed by atoms with Gasteiger partial charge in [-0.1, -0.05) is 30.3 Å². The Hall–Kier alpha value is -2.88. The Balaban J connectivity index is 2.32. The molecule has 3 rings (SSSR count). The molecule has 22 heavy (non-hydrogen) atoms. The van der Waals surface area contributed by atoms with Crippen LogP contribution in [0.1, 0.15) is 11.1 Å². The van der Waals surface area contributed by atoms with Gasteiger partial charge in [0.15, 0.2) is 5.75 Å². The van der Waals surface area contributed by atoms with Gasteiger partial charge in [-0.05, 0) is 37.1 Å². The number of hydrogen-bond donors (Lipinski definition) is 1. The van der Waals surface area contributed by atoms with Gasteiger partial charge in [0.2, 0.25) is 0 Å². The predicted octanol–water partition coefficient (Wildman–Crippen LogP) is 4.58. The summed E-state index contributed by atoms with van der Waals surface area (Å²) in [5, 5.41) is 10.5. The Bertz CT molecular complexity index is 857. The van der Waals surface area contributed by atoms with Crippen LogP contribution in [-0.2, 0) is 0 Å². The number of nitrogens with zero attached hydrogens (tertiary/aromatic N) is 1. The fourth-order valence-corrected chi connectivity index (χ4v) is 2.48. The zero-order chi connectivity index (χ0) is 15.7. The summed E-state index contributed by atoms with van der Waals surface area (Å²) in [5.41, 5.74) is 4.00. The average Bonchev–Trinajstić information content (AvgIpc) is 2.50. The number of rotatable bonds is 2. The van der Waals surface area contributed by atoms with Gasteiger partial charge in [0.25, 0.3) is 0 Å². The molecule has 2 aromatic carbocycles. The van der Waals surface area contributed by atoms with Crippen LogP contribution in [0, 0.1) is 13.8 Å². The number of benzene rings is 2. The van der Waals surface area contributed by atoms with Gasteiger partial charge >= 0.3 is 6.16 Å². The largest absolute Gasteiger partial charge is 0.511 e. The monoisotopic (exact) mass is 293 g/mol. The number of carbonyl (C=O) groups is 1. The molecule has 0 unspecified atom stereocenters. The first-order valence-electron chi connectivity index (χ1n) is 6.92. The quantitative estimate of drug-likeness (QED) is 0.703.